The number of ether oxygens (including phenoxy) is 1. The molecule has 0 atom stereocenters. The average molecular weight is 303 g/mol. The van der Waals surface area contributed by atoms with Crippen LogP contribution < -0.4 is 4.74 Å². The highest BCUT2D eigenvalue weighted by atomic mass is 16.5. The summed E-state index contributed by atoms with van der Waals surface area (Å²) in [6.45, 7) is 4.20. The van der Waals surface area contributed by atoms with Crippen molar-refractivity contribution in [1.82, 2.24) is 5.16 Å². The molecule has 0 unspecified atom stereocenters. The van der Waals surface area contributed by atoms with Gasteiger partial charge in [-0.2, -0.15) is 0 Å². The van der Waals surface area contributed by atoms with E-state index in [1.807, 2.05) is 38.1 Å². The Balaban J connectivity index is 1.87. The number of hydrogen-bond acceptors (Lipinski definition) is 4. The molecular formula is C17H21NO4. The van der Waals surface area contributed by atoms with Gasteiger partial charge in [-0.1, -0.05) is 17.3 Å². The van der Waals surface area contributed by atoms with Crippen LogP contribution in [0.2, 0.25) is 0 Å². The summed E-state index contributed by atoms with van der Waals surface area (Å²) in [6, 6.07) is 7.90. The van der Waals surface area contributed by atoms with Gasteiger partial charge in [-0.25, -0.2) is 0 Å². The lowest BCUT2D eigenvalue weighted by Gasteiger charge is -2.08. The number of nitrogens with zero attached hydrogens (tertiary/aromatic N) is 1. The maximum Gasteiger partial charge on any atom is 0.303 e. The third-order valence-corrected chi connectivity index (χ3v) is 3.57. The monoisotopic (exact) mass is 303 g/mol. The van der Waals surface area contributed by atoms with Crippen molar-refractivity contribution in [1.29, 1.82) is 0 Å². The molecule has 0 aliphatic rings. The van der Waals surface area contributed by atoms with E-state index in [4.69, 9.17) is 14.4 Å². The van der Waals surface area contributed by atoms with Crippen LogP contribution >= 0.6 is 0 Å². The minimum absolute atomic E-state index is 0.224. The molecule has 5 heteroatoms. The quantitative estimate of drug-likeness (QED) is 0.753. The molecule has 1 N–H and O–H groups in total. The van der Waals surface area contributed by atoms with E-state index in [2.05, 4.69) is 5.16 Å². The molecule has 2 rings (SSSR count). The second-order valence-corrected chi connectivity index (χ2v) is 5.34. The van der Waals surface area contributed by atoms with Crippen LogP contribution in [0.15, 0.2) is 28.8 Å². The number of carboxylic acids is 1. The van der Waals surface area contributed by atoms with Crippen molar-refractivity contribution in [3.63, 3.8) is 0 Å². The molecule has 2 aromatic rings. The van der Waals surface area contributed by atoms with Gasteiger partial charge in [0.1, 0.15) is 18.1 Å². The second kappa shape index (κ2) is 7.64. The van der Waals surface area contributed by atoms with E-state index in [0.29, 0.717) is 13.0 Å². The third kappa shape index (κ3) is 4.62. The number of aryl methyl sites for hydroxylation is 3. The highest BCUT2D eigenvalue weighted by molar-refractivity contribution is 5.66. The second-order valence-electron chi connectivity index (χ2n) is 5.34. The van der Waals surface area contributed by atoms with E-state index < -0.39 is 5.97 Å². The Hall–Kier alpha value is -2.30. The molecule has 118 valence electrons. The van der Waals surface area contributed by atoms with Gasteiger partial charge in [0, 0.05) is 6.42 Å². The molecule has 1 aromatic heterocycles. The van der Waals surface area contributed by atoms with Gasteiger partial charge < -0.3 is 14.4 Å². The van der Waals surface area contributed by atoms with Crippen molar-refractivity contribution < 1.29 is 19.2 Å². The van der Waals surface area contributed by atoms with Crippen LogP contribution in [0, 0.1) is 13.8 Å². The Kier molecular flexibility index (Phi) is 5.58. The maximum atomic E-state index is 10.5. The first-order valence-corrected chi connectivity index (χ1v) is 7.41. The lowest BCUT2D eigenvalue weighted by atomic mass is 10.1. The van der Waals surface area contributed by atoms with Gasteiger partial charge in [-0.15, -0.1) is 0 Å². The topological polar surface area (TPSA) is 72.6 Å². The van der Waals surface area contributed by atoms with E-state index >= 15 is 0 Å². The van der Waals surface area contributed by atoms with Gasteiger partial charge in [0.15, 0.2) is 0 Å². The standard InChI is InChI=1S/C17H21NO4/c1-12-16(13(2)22-18-12)11-21-15-8-5-7-14(10-15)6-3-4-9-17(19)20/h5,7-8,10H,3-4,6,9,11H2,1-2H3,(H,19,20). The van der Waals surface area contributed by atoms with Gasteiger partial charge in [0.2, 0.25) is 0 Å². The Morgan fingerprint density at radius 2 is 2.14 bits per heavy atom. The zero-order valence-electron chi connectivity index (χ0n) is 13.0. The smallest absolute Gasteiger partial charge is 0.303 e. The van der Waals surface area contributed by atoms with Crippen molar-refractivity contribution in [2.75, 3.05) is 0 Å². The van der Waals surface area contributed by atoms with Crippen molar-refractivity contribution in [2.24, 2.45) is 0 Å². The lowest BCUT2D eigenvalue weighted by Crippen LogP contribution is -1.98. The van der Waals surface area contributed by atoms with Crippen LogP contribution in [-0.2, 0) is 17.8 Å². The van der Waals surface area contributed by atoms with Crippen molar-refractivity contribution in [3.05, 3.63) is 46.8 Å². The molecule has 0 bridgehead atoms. The molecule has 0 fully saturated rings. The molecule has 0 aliphatic carbocycles. The summed E-state index contributed by atoms with van der Waals surface area (Å²) in [5, 5.41) is 12.5. The summed E-state index contributed by atoms with van der Waals surface area (Å²) in [5.41, 5.74) is 2.98. The van der Waals surface area contributed by atoms with E-state index in [0.717, 1.165) is 41.2 Å². The Labute approximate surface area is 129 Å². The predicted octanol–water partition coefficient (Wildman–Crippen LogP) is 3.67. The molecule has 0 aliphatic heterocycles. The van der Waals surface area contributed by atoms with Gasteiger partial charge in [-0.05, 0) is 50.8 Å². The summed E-state index contributed by atoms with van der Waals surface area (Å²) in [6.07, 6.45) is 2.64. The molecule has 0 amide bonds. The number of rotatable bonds is 8. The van der Waals surface area contributed by atoms with Crippen LogP contribution in [0.5, 0.6) is 5.75 Å². The first-order chi connectivity index (χ1) is 10.6. The summed E-state index contributed by atoms with van der Waals surface area (Å²) in [7, 11) is 0. The zero-order chi connectivity index (χ0) is 15.9. The van der Waals surface area contributed by atoms with E-state index in [1.54, 1.807) is 0 Å². The zero-order valence-corrected chi connectivity index (χ0v) is 13.0. The van der Waals surface area contributed by atoms with Crippen molar-refractivity contribution in [3.8, 4) is 5.75 Å². The molecular weight excluding hydrogens is 282 g/mol. The number of unbranched alkanes of at least 4 members (excludes halogenated alkanes) is 1. The minimum Gasteiger partial charge on any atom is -0.489 e. The van der Waals surface area contributed by atoms with Crippen molar-refractivity contribution in [2.45, 2.75) is 46.1 Å². The van der Waals surface area contributed by atoms with Gasteiger partial charge in [0.05, 0.1) is 11.3 Å². The molecule has 1 heterocycles. The van der Waals surface area contributed by atoms with E-state index in [-0.39, 0.29) is 6.42 Å². The fourth-order valence-electron chi connectivity index (χ4n) is 2.26. The largest absolute Gasteiger partial charge is 0.489 e. The molecule has 1 aromatic carbocycles. The highest BCUT2D eigenvalue weighted by Crippen LogP contribution is 2.19. The summed E-state index contributed by atoms with van der Waals surface area (Å²) < 4.78 is 10.9. The number of aliphatic carboxylic acids is 1. The SMILES string of the molecule is Cc1noc(C)c1COc1cccc(CCCCC(=O)O)c1. The Bertz CT molecular complexity index is 614. The van der Waals surface area contributed by atoms with Crippen molar-refractivity contribution >= 4 is 5.97 Å². The van der Waals surface area contributed by atoms with Crippen LogP contribution in [0.4, 0.5) is 0 Å². The average Bonchev–Trinajstić information content (AvgIpc) is 2.81. The Morgan fingerprint density at radius 3 is 2.82 bits per heavy atom. The fraction of sp³-hybridized carbons (Fsp3) is 0.412. The van der Waals surface area contributed by atoms with Crippen LogP contribution in [-0.4, -0.2) is 16.2 Å². The predicted molar refractivity (Wildman–Crippen MR) is 81.9 cm³/mol. The molecule has 0 radical (unpaired) electrons. The Morgan fingerprint density at radius 1 is 1.32 bits per heavy atom. The minimum atomic E-state index is -0.739. The molecule has 5 nitrogen and oxygen atoms in total. The van der Waals surface area contributed by atoms with Gasteiger partial charge in [-0.3, -0.25) is 4.79 Å². The molecule has 0 spiro atoms. The van der Waals surface area contributed by atoms with Crippen LogP contribution in [0.25, 0.3) is 0 Å². The number of carbonyl (C=O) groups is 1. The van der Waals surface area contributed by atoms with E-state index in [1.165, 1.54) is 0 Å². The molecule has 0 saturated carbocycles. The third-order valence-electron chi connectivity index (χ3n) is 3.57. The van der Waals surface area contributed by atoms with Gasteiger partial charge in [0.25, 0.3) is 0 Å². The number of hydrogen-bond donors (Lipinski definition) is 1. The summed E-state index contributed by atoms with van der Waals surface area (Å²) in [4.78, 5) is 10.5. The summed E-state index contributed by atoms with van der Waals surface area (Å²) in [5.74, 6) is 0.842. The first-order valence-electron chi connectivity index (χ1n) is 7.41. The first kappa shape index (κ1) is 16.1. The number of carboxylic acid groups (broad SMARTS) is 1. The number of aromatic nitrogens is 1. The summed E-state index contributed by atoms with van der Waals surface area (Å²) >= 11 is 0. The highest BCUT2D eigenvalue weighted by Gasteiger charge is 2.09. The van der Waals surface area contributed by atoms with Crippen LogP contribution in [0.1, 0.15) is 41.8 Å². The van der Waals surface area contributed by atoms with E-state index in [9.17, 15) is 4.79 Å². The lowest BCUT2D eigenvalue weighted by molar-refractivity contribution is -0.137. The normalized spacial score (nSPS) is 10.6. The molecule has 22 heavy (non-hydrogen) atoms. The fourth-order valence-corrected chi connectivity index (χ4v) is 2.26. The maximum absolute atomic E-state index is 10.5. The van der Waals surface area contributed by atoms with Crippen LogP contribution in [0.3, 0.4) is 0 Å². The molecule has 0 saturated heterocycles. The van der Waals surface area contributed by atoms with Gasteiger partial charge >= 0.3 is 5.97 Å². The number of benzene rings is 1.